The zero-order valence-electron chi connectivity index (χ0n) is 20.4. The van der Waals surface area contributed by atoms with Crippen LogP contribution in [-0.2, 0) is 16.1 Å². The number of aryl methyl sites for hydroxylation is 1. The number of morpholine rings is 1. The van der Waals surface area contributed by atoms with Crippen LogP contribution in [0.3, 0.4) is 0 Å². The van der Waals surface area contributed by atoms with Crippen LogP contribution < -0.4 is 9.64 Å². The number of rotatable bonds is 7. The zero-order chi connectivity index (χ0) is 25.8. The number of ether oxygens (including phenoxy) is 3. The van der Waals surface area contributed by atoms with E-state index < -0.39 is 5.97 Å². The summed E-state index contributed by atoms with van der Waals surface area (Å²) in [5, 5.41) is 10.0. The van der Waals surface area contributed by atoms with E-state index in [0.29, 0.717) is 41.7 Å². The molecule has 188 valence electrons. The second-order valence-electron chi connectivity index (χ2n) is 8.31. The van der Waals surface area contributed by atoms with Crippen molar-refractivity contribution in [2.75, 3.05) is 38.3 Å². The van der Waals surface area contributed by atoms with Gasteiger partial charge in [0.05, 0.1) is 31.7 Å². The largest absolute Gasteiger partial charge is 0.469 e. The molecule has 37 heavy (non-hydrogen) atoms. The number of furan rings is 1. The molecule has 10 heteroatoms. The summed E-state index contributed by atoms with van der Waals surface area (Å²) in [6.07, 6.45) is 1.33. The van der Waals surface area contributed by atoms with Crippen molar-refractivity contribution >= 4 is 11.7 Å². The Balaban J connectivity index is 1.50. The Morgan fingerprint density at radius 2 is 1.95 bits per heavy atom. The van der Waals surface area contributed by atoms with E-state index in [-0.39, 0.29) is 23.8 Å². The van der Waals surface area contributed by atoms with E-state index in [1.54, 1.807) is 19.1 Å². The maximum atomic E-state index is 11.7. The lowest BCUT2D eigenvalue weighted by Crippen LogP contribution is -2.36. The SMILES string of the molecule is COC(=O)c1ccc(COc2nc(-c3ccc(N4CCOCC4)cc3)cc(-c3ocnc3C)c2C#N)o1. The number of nitrogens with zero attached hydrogens (tertiary/aromatic N) is 4. The van der Waals surface area contributed by atoms with Gasteiger partial charge < -0.3 is 27.9 Å². The number of aromatic nitrogens is 2. The van der Waals surface area contributed by atoms with Gasteiger partial charge in [0.1, 0.15) is 24.0 Å². The highest BCUT2D eigenvalue weighted by Gasteiger charge is 2.21. The maximum Gasteiger partial charge on any atom is 0.373 e. The fourth-order valence-corrected chi connectivity index (χ4v) is 4.09. The van der Waals surface area contributed by atoms with E-state index in [1.807, 2.05) is 24.3 Å². The second kappa shape index (κ2) is 10.6. The van der Waals surface area contributed by atoms with Gasteiger partial charge in [-0.1, -0.05) is 12.1 Å². The molecule has 1 saturated heterocycles. The summed E-state index contributed by atoms with van der Waals surface area (Å²) in [6.45, 7) is 4.84. The van der Waals surface area contributed by atoms with Gasteiger partial charge in [-0.05, 0) is 37.3 Å². The molecule has 1 aliphatic heterocycles. The third-order valence-electron chi connectivity index (χ3n) is 6.03. The topological polar surface area (TPSA) is 124 Å². The second-order valence-corrected chi connectivity index (χ2v) is 8.31. The summed E-state index contributed by atoms with van der Waals surface area (Å²) in [6, 6.07) is 15.1. The summed E-state index contributed by atoms with van der Waals surface area (Å²) >= 11 is 0. The first-order valence-electron chi connectivity index (χ1n) is 11.7. The number of nitriles is 1. The van der Waals surface area contributed by atoms with Gasteiger partial charge in [-0.25, -0.2) is 14.8 Å². The molecule has 5 rings (SSSR count). The molecule has 4 aromatic rings. The van der Waals surface area contributed by atoms with E-state index in [4.69, 9.17) is 18.3 Å². The predicted octanol–water partition coefficient (Wildman–Crippen LogP) is 4.38. The van der Waals surface area contributed by atoms with Crippen LogP contribution in [0.1, 0.15) is 27.6 Å². The maximum absolute atomic E-state index is 11.7. The predicted molar refractivity (Wildman–Crippen MR) is 132 cm³/mol. The number of anilines is 1. The molecule has 10 nitrogen and oxygen atoms in total. The van der Waals surface area contributed by atoms with E-state index in [0.717, 1.165) is 24.3 Å². The van der Waals surface area contributed by atoms with Crippen molar-refractivity contribution in [3.05, 3.63) is 71.6 Å². The lowest BCUT2D eigenvalue weighted by Gasteiger charge is -2.28. The number of hydrogen-bond acceptors (Lipinski definition) is 10. The molecule has 4 heterocycles. The zero-order valence-corrected chi connectivity index (χ0v) is 20.4. The summed E-state index contributed by atoms with van der Waals surface area (Å²) in [7, 11) is 1.27. The van der Waals surface area contributed by atoms with Crippen molar-refractivity contribution in [3.63, 3.8) is 0 Å². The Labute approximate surface area is 213 Å². The summed E-state index contributed by atoms with van der Waals surface area (Å²) in [5.41, 5.74) is 3.90. The third-order valence-corrected chi connectivity index (χ3v) is 6.03. The first kappa shape index (κ1) is 24.1. The van der Waals surface area contributed by atoms with E-state index in [2.05, 4.69) is 25.7 Å². The number of oxazole rings is 1. The number of esters is 1. The van der Waals surface area contributed by atoms with Crippen LogP contribution >= 0.6 is 0 Å². The first-order chi connectivity index (χ1) is 18.1. The lowest BCUT2D eigenvalue weighted by atomic mass is 10.0. The van der Waals surface area contributed by atoms with Gasteiger partial charge in [-0.2, -0.15) is 5.26 Å². The lowest BCUT2D eigenvalue weighted by molar-refractivity contribution is 0.0561. The number of carbonyl (C=O) groups excluding carboxylic acids is 1. The minimum Gasteiger partial charge on any atom is -0.469 e. The van der Waals surface area contributed by atoms with Crippen LogP contribution in [0.4, 0.5) is 5.69 Å². The molecule has 0 amide bonds. The molecular weight excluding hydrogens is 476 g/mol. The molecule has 0 saturated carbocycles. The van der Waals surface area contributed by atoms with Gasteiger partial charge in [0, 0.05) is 29.9 Å². The number of benzene rings is 1. The Bertz CT molecular complexity index is 1440. The molecule has 0 atom stereocenters. The molecule has 1 aromatic carbocycles. The first-order valence-corrected chi connectivity index (χ1v) is 11.7. The van der Waals surface area contributed by atoms with Crippen LogP contribution in [-0.4, -0.2) is 49.4 Å². The molecule has 3 aromatic heterocycles. The standard InChI is InChI=1S/C27H24N4O6/c1-17-25(36-16-29-17)21-13-23(18-3-5-19(6-4-18)31-9-11-34-12-10-31)30-26(22(21)14-28)35-15-20-7-8-24(37-20)27(32)33-2/h3-8,13,16H,9-12,15H2,1-2H3. The van der Waals surface area contributed by atoms with Crippen molar-refractivity contribution in [3.8, 4) is 34.5 Å². The van der Waals surface area contributed by atoms with Crippen LogP contribution in [0.5, 0.6) is 5.88 Å². The quantitative estimate of drug-likeness (QED) is 0.338. The summed E-state index contributed by atoms with van der Waals surface area (Å²) < 4.78 is 27.2. The van der Waals surface area contributed by atoms with E-state index >= 15 is 0 Å². The molecule has 1 fully saturated rings. The van der Waals surface area contributed by atoms with Gasteiger partial charge in [0.2, 0.25) is 11.6 Å². The number of methoxy groups -OCH3 is 1. The third kappa shape index (κ3) is 5.03. The van der Waals surface area contributed by atoms with Crippen LogP contribution in [0.2, 0.25) is 0 Å². The number of pyridine rings is 1. The highest BCUT2D eigenvalue weighted by atomic mass is 16.5. The fourth-order valence-electron chi connectivity index (χ4n) is 4.09. The van der Waals surface area contributed by atoms with Crippen molar-refractivity contribution < 1.29 is 27.8 Å². The summed E-state index contributed by atoms with van der Waals surface area (Å²) in [4.78, 5) is 22.8. The Hall–Kier alpha value is -4.62. The Morgan fingerprint density at radius 3 is 2.62 bits per heavy atom. The smallest absolute Gasteiger partial charge is 0.373 e. The highest BCUT2D eigenvalue weighted by molar-refractivity contribution is 5.86. The van der Waals surface area contributed by atoms with Crippen LogP contribution in [0, 0.1) is 18.3 Å². The molecule has 0 bridgehead atoms. The molecule has 0 unspecified atom stereocenters. The number of hydrogen-bond donors (Lipinski definition) is 0. The van der Waals surface area contributed by atoms with Crippen LogP contribution in [0.15, 0.2) is 57.7 Å². The highest BCUT2D eigenvalue weighted by Crippen LogP contribution is 2.35. The van der Waals surface area contributed by atoms with Crippen molar-refractivity contribution in [1.82, 2.24) is 9.97 Å². The Morgan fingerprint density at radius 1 is 1.16 bits per heavy atom. The molecule has 1 aliphatic rings. The van der Waals surface area contributed by atoms with Gasteiger partial charge in [0.25, 0.3) is 0 Å². The van der Waals surface area contributed by atoms with Gasteiger partial charge >= 0.3 is 5.97 Å². The van der Waals surface area contributed by atoms with Crippen LogP contribution in [0.25, 0.3) is 22.6 Å². The van der Waals surface area contributed by atoms with E-state index in [1.165, 1.54) is 19.6 Å². The number of carbonyl (C=O) groups is 1. The van der Waals surface area contributed by atoms with Gasteiger partial charge in [-0.15, -0.1) is 0 Å². The minimum absolute atomic E-state index is 0.0487. The van der Waals surface area contributed by atoms with Gasteiger partial charge in [0.15, 0.2) is 12.2 Å². The monoisotopic (exact) mass is 500 g/mol. The molecule has 0 aliphatic carbocycles. The average molecular weight is 501 g/mol. The van der Waals surface area contributed by atoms with Gasteiger partial charge in [-0.3, -0.25) is 0 Å². The molecular formula is C27H24N4O6. The van der Waals surface area contributed by atoms with Crippen molar-refractivity contribution in [2.24, 2.45) is 0 Å². The Kier molecular flexibility index (Phi) is 6.87. The van der Waals surface area contributed by atoms with Crippen molar-refractivity contribution in [1.29, 1.82) is 5.26 Å². The normalized spacial score (nSPS) is 13.3. The summed E-state index contributed by atoms with van der Waals surface area (Å²) in [5.74, 6) is 0.415. The fraction of sp³-hybridized carbons (Fsp3) is 0.259. The molecule has 0 radical (unpaired) electrons. The van der Waals surface area contributed by atoms with E-state index in [9.17, 15) is 10.1 Å². The average Bonchev–Trinajstić information content (AvgIpc) is 3.60. The molecule has 0 spiro atoms. The molecule has 0 N–H and O–H groups in total. The minimum atomic E-state index is -0.590. The van der Waals surface area contributed by atoms with Crippen molar-refractivity contribution in [2.45, 2.75) is 13.5 Å².